The molecule has 0 bridgehead atoms. The first-order valence-corrected chi connectivity index (χ1v) is 12.9. The van der Waals surface area contributed by atoms with E-state index in [0.29, 0.717) is 48.6 Å². The smallest absolute Gasteiger partial charge is 0.341 e. The zero-order chi connectivity index (χ0) is 26.8. The van der Waals surface area contributed by atoms with Crippen LogP contribution in [0.15, 0.2) is 11.6 Å². The van der Waals surface area contributed by atoms with Gasteiger partial charge >= 0.3 is 18.0 Å². The Morgan fingerprint density at radius 1 is 1.19 bits per heavy atom. The molecule has 0 unspecified atom stereocenters. The number of morpholine rings is 1. The van der Waals surface area contributed by atoms with Crippen molar-refractivity contribution in [2.75, 3.05) is 58.4 Å². The van der Waals surface area contributed by atoms with Gasteiger partial charge in [-0.1, -0.05) is 11.6 Å². The van der Waals surface area contributed by atoms with Gasteiger partial charge in [0.2, 0.25) is 0 Å². The van der Waals surface area contributed by atoms with Gasteiger partial charge in [0.05, 0.1) is 38.2 Å². The molecule has 3 rings (SSSR count). The van der Waals surface area contributed by atoms with Crippen molar-refractivity contribution in [1.29, 1.82) is 0 Å². The van der Waals surface area contributed by atoms with Crippen LogP contribution < -0.4 is 15.4 Å². The number of fused-ring (bicyclic) bond motifs is 1. The van der Waals surface area contributed by atoms with Gasteiger partial charge in [-0.3, -0.25) is 9.69 Å². The lowest BCUT2D eigenvalue weighted by atomic mass is 9.93. The molecule has 0 saturated carbocycles. The summed E-state index contributed by atoms with van der Waals surface area (Å²) in [5.41, 5.74) is 3.98. The fourth-order valence-electron chi connectivity index (χ4n) is 4.56. The summed E-state index contributed by atoms with van der Waals surface area (Å²) in [6.07, 6.45) is 4.04. The molecule has 1 fully saturated rings. The molecule has 2 aliphatic rings. The van der Waals surface area contributed by atoms with Gasteiger partial charge in [-0.15, -0.1) is 0 Å². The minimum Gasteiger partial charge on any atom is -0.496 e. The van der Waals surface area contributed by atoms with Crippen LogP contribution in [0.5, 0.6) is 5.75 Å². The molecule has 1 aromatic carbocycles. The van der Waals surface area contributed by atoms with Crippen molar-refractivity contribution in [3.8, 4) is 5.75 Å². The highest BCUT2D eigenvalue weighted by atomic mass is 16.5. The van der Waals surface area contributed by atoms with Crippen LogP contribution in [0.2, 0.25) is 0 Å². The predicted octanol–water partition coefficient (Wildman–Crippen LogP) is 3.35. The predicted molar refractivity (Wildman–Crippen MR) is 139 cm³/mol. The molecule has 0 atom stereocenters. The van der Waals surface area contributed by atoms with Crippen molar-refractivity contribution >= 4 is 23.7 Å². The third kappa shape index (κ3) is 7.69. The van der Waals surface area contributed by atoms with Crippen LogP contribution in [0.4, 0.5) is 10.5 Å². The van der Waals surface area contributed by atoms with Crippen LogP contribution in [0, 0.1) is 6.92 Å². The minimum atomic E-state index is -0.467. The standard InChI is InChI=1S/C27H39N3O7/c1-5-28-27(33)29-24-20(25(34-4)19(3)21-17-37-26(32)23(21)24)9-7-18(2)8-10-22(31)36-14-6-11-30-12-15-35-16-13-30/h7H,5-6,8-17H2,1-4H3,(H2,28,29,33)/b18-7+. The molecule has 2 aliphatic heterocycles. The van der Waals surface area contributed by atoms with E-state index in [0.717, 1.165) is 56.0 Å². The van der Waals surface area contributed by atoms with Crippen LogP contribution >= 0.6 is 0 Å². The van der Waals surface area contributed by atoms with Gasteiger partial charge in [0.1, 0.15) is 12.4 Å². The maximum absolute atomic E-state index is 12.5. The highest BCUT2D eigenvalue weighted by Crippen LogP contribution is 2.41. The number of nitrogens with one attached hydrogen (secondary N) is 2. The van der Waals surface area contributed by atoms with Gasteiger partial charge in [0.25, 0.3) is 0 Å². The normalized spacial score (nSPS) is 15.7. The highest BCUT2D eigenvalue weighted by molar-refractivity contribution is 6.05. The second-order valence-electron chi connectivity index (χ2n) is 9.21. The largest absolute Gasteiger partial charge is 0.496 e. The van der Waals surface area contributed by atoms with Gasteiger partial charge < -0.3 is 29.6 Å². The summed E-state index contributed by atoms with van der Waals surface area (Å²) >= 11 is 0. The zero-order valence-corrected chi connectivity index (χ0v) is 22.4. The van der Waals surface area contributed by atoms with Crippen molar-refractivity contribution in [1.82, 2.24) is 10.2 Å². The molecule has 204 valence electrons. The average molecular weight is 518 g/mol. The van der Waals surface area contributed by atoms with Crippen LogP contribution in [-0.4, -0.2) is 76.0 Å². The van der Waals surface area contributed by atoms with Crippen molar-refractivity contribution in [3.63, 3.8) is 0 Å². The monoisotopic (exact) mass is 517 g/mol. The van der Waals surface area contributed by atoms with Gasteiger partial charge in [-0.2, -0.15) is 0 Å². The van der Waals surface area contributed by atoms with Crippen LogP contribution in [0.25, 0.3) is 0 Å². The van der Waals surface area contributed by atoms with E-state index in [2.05, 4.69) is 15.5 Å². The number of allylic oxidation sites excluding steroid dienone is 2. The van der Waals surface area contributed by atoms with Gasteiger partial charge in [0, 0.05) is 43.7 Å². The minimum absolute atomic E-state index is 0.143. The van der Waals surface area contributed by atoms with Crippen molar-refractivity contribution in [2.24, 2.45) is 0 Å². The van der Waals surface area contributed by atoms with Crippen molar-refractivity contribution in [2.45, 2.75) is 53.1 Å². The number of carbonyl (C=O) groups is 3. The number of anilines is 1. The molecular formula is C27H39N3O7. The first-order valence-electron chi connectivity index (χ1n) is 12.9. The lowest BCUT2D eigenvalue weighted by Gasteiger charge is -2.26. The second-order valence-corrected chi connectivity index (χ2v) is 9.21. The van der Waals surface area contributed by atoms with Gasteiger partial charge in [-0.05, 0) is 45.6 Å². The molecule has 37 heavy (non-hydrogen) atoms. The van der Waals surface area contributed by atoms with E-state index in [4.69, 9.17) is 18.9 Å². The lowest BCUT2D eigenvalue weighted by molar-refractivity contribution is -0.143. The number of esters is 2. The number of amides is 2. The van der Waals surface area contributed by atoms with E-state index in [-0.39, 0.29) is 19.0 Å². The second kappa shape index (κ2) is 14.0. The lowest BCUT2D eigenvalue weighted by Crippen LogP contribution is -2.37. The third-order valence-corrected chi connectivity index (χ3v) is 6.62. The molecule has 0 spiro atoms. The topological polar surface area (TPSA) is 115 Å². The Bertz CT molecular complexity index is 1020. The molecule has 0 aromatic heterocycles. The number of ether oxygens (including phenoxy) is 4. The molecule has 2 amide bonds. The SMILES string of the molecule is CCNC(=O)Nc1c(C/C=C(\C)CCC(=O)OCCCN2CCOCC2)c(OC)c(C)c2c1C(=O)OC2. The number of nitrogens with zero attached hydrogens (tertiary/aromatic N) is 1. The molecule has 1 aromatic rings. The number of rotatable bonds is 12. The van der Waals surface area contributed by atoms with E-state index < -0.39 is 12.0 Å². The molecule has 0 radical (unpaired) electrons. The number of methoxy groups -OCH3 is 1. The summed E-state index contributed by atoms with van der Waals surface area (Å²) in [4.78, 5) is 39.4. The summed E-state index contributed by atoms with van der Waals surface area (Å²) in [5, 5.41) is 5.52. The maximum atomic E-state index is 12.5. The average Bonchev–Trinajstić information content (AvgIpc) is 3.28. The third-order valence-electron chi connectivity index (χ3n) is 6.62. The summed E-state index contributed by atoms with van der Waals surface area (Å²) in [5.74, 6) is -0.0829. The molecule has 1 saturated heterocycles. The van der Waals surface area contributed by atoms with E-state index in [1.807, 2.05) is 26.8 Å². The molecule has 10 nitrogen and oxygen atoms in total. The molecular weight excluding hydrogens is 478 g/mol. The molecule has 0 aliphatic carbocycles. The Hall–Kier alpha value is -3.11. The van der Waals surface area contributed by atoms with Crippen LogP contribution in [-0.2, 0) is 32.0 Å². The first-order chi connectivity index (χ1) is 17.8. The summed E-state index contributed by atoms with van der Waals surface area (Å²) in [6.45, 7) is 10.9. The van der Waals surface area contributed by atoms with Crippen molar-refractivity contribution in [3.05, 3.63) is 33.9 Å². The first kappa shape index (κ1) is 28.5. The Morgan fingerprint density at radius 2 is 1.95 bits per heavy atom. The highest BCUT2D eigenvalue weighted by Gasteiger charge is 2.32. The Labute approximate surface area is 218 Å². The number of hydrogen-bond acceptors (Lipinski definition) is 8. The Balaban J connectivity index is 1.62. The number of cyclic esters (lactones) is 1. The molecule has 10 heteroatoms. The van der Waals surface area contributed by atoms with E-state index in [1.165, 1.54) is 0 Å². The number of urea groups is 1. The van der Waals surface area contributed by atoms with Gasteiger partial charge in [-0.25, -0.2) is 9.59 Å². The van der Waals surface area contributed by atoms with Crippen LogP contribution in [0.3, 0.4) is 0 Å². The molecule has 2 N–H and O–H groups in total. The summed E-state index contributed by atoms with van der Waals surface area (Å²) in [6, 6.07) is -0.409. The van der Waals surface area contributed by atoms with Crippen molar-refractivity contribution < 1.29 is 33.3 Å². The van der Waals surface area contributed by atoms with Crippen LogP contribution in [0.1, 0.15) is 60.2 Å². The molecule has 2 heterocycles. The fraction of sp³-hybridized carbons (Fsp3) is 0.593. The van der Waals surface area contributed by atoms with Gasteiger partial charge in [0.15, 0.2) is 0 Å². The Morgan fingerprint density at radius 3 is 2.65 bits per heavy atom. The zero-order valence-electron chi connectivity index (χ0n) is 22.4. The summed E-state index contributed by atoms with van der Waals surface area (Å²) < 4.78 is 21.7. The number of benzene rings is 1. The quantitative estimate of drug-likeness (QED) is 0.246. The Kier molecular flexibility index (Phi) is 10.8. The maximum Gasteiger partial charge on any atom is 0.341 e. The number of carbonyl (C=O) groups excluding carboxylic acids is 3. The van der Waals surface area contributed by atoms with E-state index in [9.17, 15) is 14.4 Å². The van der Waals surface area contributed by atoms with E-state index in [1.54, 1.807) is 7.11 Å². The fourth-order valence-corrected chi connectivity index (χ4v) is 4.56. The van der Waals surface area contributed by atoms with E-state index >= 15 is 0 Å². The summed E-state index contributed by atoms with van der Waals surface area (Å²) in [7, 11) is 1.57. The number of hydrogen-bond donors (Lipinski definition) is 2.